The van der Waals surface area contributed by atoms with Gasteiger partial charge in [0.2, 0.25) is 0 Å². The summed E-state index contributed by atoms with van der Waals surface area (Å²) in [5.41, 5.74) is 1.43. The molecule has 2 heteroatoms. The van der Waals surface area contributed by atoms with E-state index in [0.29, 0.717) is 6.04 Å². The number of hydrogen-bond acceptors (Lipinski definition) is 2. The minimum absolute atomic E-state index is 0.657. The van der Waals surface area contributed by atoms with E-state index in [0.717, 1.165) is 18.5 Å². The molecule has 0 radical (unpaired) electrons. The molecule has 1 aliphatic heterocycles. The third-order valence-corrected chi connectivity index (χ3v) is 4.34. The monoisotopic (exact) mass is 252 g/mol. The number of nitrogens with zero attached hydrogens (tertiary/aromatic N) is 1. The molecule has 0 saturated carbocycles. The molecule has 0 aliphatic carbocycles. The summed E-state index contributed by atoms with van der Waals surface area (Å²) in [4.78, 5) is 2.57. The van der Waals surface area contributed by atoms with Gasteiger partial charge in [0.15, 0.2) is 0 Å². The van der Waals surface area contributed by atoms with Crippen molar-refractivity contribution in [1.29, 1.82) is 0 Å². The highest BCUT2D eigenvalue weighted by atomic mass is 15.1. The highest BCUT2D eigenvalue weighted by Crippen LogP contribution is 2.14. The smallest absolute Gasteiger partial charge is 0.0165 e. The van der Waals surface area contributed by atoms with Gasteiger partial charge in [-0.25, -0.2) is 0 Å². The second kappa shape index (κ2) is 7.96. The second-order valence-corrected chi connectivity index (χ2v) is 6.20. The molecule has 1 heterocycles. The molecule has 2 nitrogen and oxygen atoms in total. The van der Waals surface area contributed by atoms with Crippen LogP contribution in [0.3, 0.4) is 0 Å². The Bertz CT molecular complexity index is 248. The molecule has 18 heavy (non-hydrogen) atoms. The maximum absolute atomic E-state index is 3.81. The first-order valence-electron chi connectivity index (χ1n) is 7.64. The Morgan fingerprint density at radius 3 is 2.39 bits per heavy atom. The Kier molecular flexibility index (Phi) is 6.95. The third kappa shape index (κ3) is 5.53. The molecule has 0 spiro atoms. The molecule has 0 aromatic rings. The van der Waals surface area contributed by atoms with Crippen LogP contribution in [0.1, 0.15) is 53.9 Å². The quantitative estimate of drug-likeness (QED) is 0.729. The number of piperidine rings is 1. The van der Waals surface area contributed by atoms with E-state index in [1.165, 1.54) is 37.9 Å². The van der Waals surface area contributed by atoms with Crippen LogP contribution in [0.4, 0.5) is 0 Å². The molecular weight excluding hydrogens is 220 g/mol. The molecule has 0 amide bonds. The average molecular weight is 252 g/mol. The van der Waals surface area contributed by atoms with Gasteiger partial charge < -0.3 is 5.32 Å². The lowest BCUT2D eigenvalue weighted by Crippen LogP contribution is -2.47. The summed E-state index contributed by atoms with van der Waals surface area (Å²) in [7, 11) is 0. The molecule has 2 unspecified atom stereocenters. The van der Waals surface area contributed by atoms with E-state index < -0.39 is 0 Å². The van der Waals surface area contributed by atoms with Crippen molar-refractivity contribution in [2.24, 2.45) is 5.92 Å². The van der Waals surface area contributed by atoms with Crippen LogP contribution in [0.15, 0.2) is 11.6 Å². The Morgan fingerprint density at radius 2 is 1.89 bits per heavy atom. The van der Waals surface area contributed by atoms with Crippen molar-refractivity contribution >= 4 is 0 Å². The summed E-state index contributed by atoms with van der Waals surface area (Å²) in [6.07, 6.45) is 6.22. The molecule has 1 aliphatic rings. The molecule has 0 aromatic carbocycles. The topological polar surface area (TPSA) is 15.3 Å². The summed E-state index contributed by atoms with van der Waals surface area (Å²) < 4.78 is 0. The van der Waals surface area contributed by atoms with Crippen molar-refractivity contribution in [3.05, 3.63) is 11.6 Å². The van der Waals surface area contributed by atoms with Gasteiger partial charge in [0.25, 0.3) is 0 Å². The van der Waals surface area contributed by atoms with Gasteiger partial charge >= 0.3 is 0 Å². The molecular formula is C16H32N2. The van der Waals surface area contributed by atoms with Crippen LogP contribution in [0.25, 0.3) is 0 Å². The van der Waals surface area contributed by atoms with Crippen LogP contribution in [-0.2, 0) is 0 Å². The van der Waals surface area contributed by atoms with Crippen LogP contribution >= 0.6 is 0 Å². The van der Waals surface area contributed by atoms with Crippen LogP contribution in [-0.4, -0.2) is 36.6 Å². The molecule has 106 valence electrons. The standard InChI is InChI=1S/C16H32N2/c1-6-14(4)15(5)17-16-8-11-18(12-9-16)10-7-13(2)3/h7,14-17H,6,8-12H2,1-5H3. The van der Waals surface area contributed by atoms with Crippen LogP contribution < -0.4 is 5.32 Å². The third-order valence-electron chi connectivity index (χ3n) is 4.34. The molecule has 1 fully saturated rings. The number of likely N-dealkylation sites (tertiary alicyclic amines) is 1. The van der Waals surface area contributed by atoms with Gasteiger partial charge in [0, 0.05) is 18.6 Å². The Balaban J connectivity index is 2.25. The maximum atomic E-state index is 3.81. The van der Waals surface area contributed by atoms with E-state index in [1.54, 1.807) is 0 Å². The number of rotatable bonds is 6. The lowest BCUT2D eigenvalue weighted by atomic mass is 9.97. The largest absolute Gasteiger partial charge is 0.311 e. The zero-order valence-corrected chi connectivity index (χ0v) is 13.0. The van der Waals surface area contributed by atoms with Crippen molar-refractivity contribution in [3.63, 3.8) is 0 Å². The first kappa shape index (κ1) is 15.7. The van der Waals surface area contributed by atoms with Gasteiger partial charge in [-0.15, -0.1) is 0 Å². The van der Waals surface area contributed by atoms with Gasteiger partial charge in [-0.1, -0.05) is 31.9 Å². The van der Waals surface area contributed by atoms with Gasteiger partial charge in [0.05, 0.1) is 0 Å². The zero-order chi connectivity index (χ0) is 13.5. The predicted octanol–water partition coefficient (Wildman–Crippen LogP) is 3.44. The predicted molar refractivity (Wildman–Crippen MR) is 80.9 cm³/mol. The molecule has 0 bridgehead atoms. The number of nitrogens with one attached hydrogen (secondary N) is 1. The Hall–Kier alpha value is -0.340. The zero-order valence-electron chi connectivity index (χ0n) is 13.0. The summed E-state index contributed by atoms with van der Waals surface area (Å²) in [6, 6.07) is 1.39. The van der Waals surface area contributed by atoms with E-state index in [2.05, 4.69) is 50.9 Å². The van der Waals surface area contributed by atoms with Crippen molar-refractivity contribution in [3.8, 4) is 0 Å². The minimum atomic E-state index is 0.657. The first-order valence-corrected chi connectivity index (χ1v) is 7.64. The van der Waals surface area contributed by atoms with E-state index in [4.69, 9.17) is 0 Å². The highest BCUT2D eigenvalue weighted by molar-refractivity contribution is 4.95. The van der Waals surface area contributed by atoms with Crippen molar-refractivity contribution < 1.29 is 0 Å². The first-order chi connectivity index (χ1) is 8.52. The summed E-state index contributed by atoms with van der Waals surface area (Å²) in [6.45, 7) is 15.0. The average Bonchev–Trinajstić information content (AvgIpc) is 2.36. The van der Waals surface area contributed by atoms with Crippen molar-refractivity contribution in [2.75, 3.05) is 19.6 Å². The van der Waals surface area contributed by atoms with E-state index in [1.807, 2.05) is 0 Å². The normalized spacial score (nSPS) is 21.6. The molecule has 1 N–H and O–H groups in total. The molecule has 1 saturated heterocycles. The lowest BCUT2D eigenvalue weighted by Gasteiger charge is -2.34. The van der Waals surface area contributed by atoms with Crippen LogP contribution in [0.5, 0.6) is 0 Å². The molecule has 1 rings (SSSR count). The van der Waals surface area contributed by atoms with Crippen molar-refractivity contribution in [1.82, 2.24) is 10.2 Å². The van der Waals surface area contributed by atoms with E-state index >= 15 is 0 Å². The number of hydrogen-bond donors (Lipinski definition) is 1. The summed E-state index contributed by atoms with van der Waals surface area (Å²) >= 11 is 0. The van der Waals surface area contributed by atoms with Crippen molar-refractivity contribution in [2.45, 2.75) is 66.0 Å². The minimum Gasteiger partial charge on any atom is -0.311 e. The Labute approximate surface area is 114 Å². The summed E-state index contributed by atoms with van der Waals surface area (Å²) in [5, 5.41) is 3.81. The Morgan fingerprint density at radius 1 is 1.28 bits per heavy atom. The van der Waals surface area contributed by atoms with Gasteiger partial charge in [-0.2, -0.15) is 0 Å². The lowest BCUT2D eigenvalue weighted by molar-refractivity contribution is 0.199. The van der Waals surface area contributed by atoms with Gasteiger partial charge in [-0.05, 0) is 52.6 Å². The van der Waals surface area contributed by atoms with Crippen LogP contribution in [0.2, 0.25) is 0 Å². The molecule has 2 atom stereocenters. The molecule has 0 aromatic heterocycles. The SMILES string of the molecule is CCC(C)C(C)NC1CCN(CC=C(C)C)CC1. The maximum Gasteiger partial charge on any atom is 0.0165 e. The highest BCUT2D eigenvalue weighted by Gasteiger charge is 2.21. The fraction of sp³-hybridized carbons (Fsp3) is 0.875. The second-order valence-electron chi connectivity index (χ2n) is 6.20. The fourth-order valence-electron chi connectivity index (χ4n) is 2.48. The van der Waals surface area contributed by atoms with Gasteiger partial charge in [-0.3, -0.25) is 4.90 Å². The summed E-state index contributed by atoms with van der Waals surface area (Å²) in [5.74, 6) is 0.786. The van der Waals surface area contributed by atoms with Gasteiger partial charge in [0.1, 0.15) is 0 Å². The van der Waals surface area contributed by atoms with Crippen LogP contribution in [0, 0.1) is 5.92 Å². The fourth-order valence-corrected chi connectivity index (χ4v) is 2.48. The van der Waals surface area contributed by atoms with E-state index in [9.17, 15) is 0 Å². The van der Waals surface area contributed by atoms with E-state index in [-0.39, 0.29) is 0 Å². The number of allylic oxidation sites excluding steroid dienone is 1.